The molecule has 2 aromatic rings. The van der Waals surface area contributed by atoms with Gasteiger partial charge in [0.05, 0.1) is 6.54 Å². The molecule has 130 valence electrons. The van der Waals surface area contributed by atoms with Gasteiger partial charge in [0, 0.05) is 17.7 Å². The van der Waals surface area contributed by atoms with Crippen molar-refractivity contribution in [2.24, 2.45) is 10.7 Å². The Kier molecular flexibility index (Phi) is 6.65. The van der Waals surface area contributed by atoms with Crippen LogP contribution in [0.1, 0.15) is 55.2 Å². The van der Waals surface area contributed by atoms with Crippen LogP contribution in [-0.2, 0) is 19.4 Å². The van der Waals surface area contributed by atoms with Crippen LogP contribution in [0.25, 0.3) is 0 Å². The summed E-state index contributed by atoms with van der Waals surface area (Å²) in [6.07, 6.45) is 4.40. The first-order valence-corrected chi connectivity index (χ1v) is 8.26. The van der Waals surface area contributed by atoms with E-state index in [1.807, 2.05) is 12.1 Å². The summed E-state index contributed by atoms with van der Waals surface area (Å²) in [7, 11) is 0. The smallest absolute Gasteiger partial charge is 0.193 e. The Labute approximate surface area is 160 Å². The molecule has 0 aliphatic heterocycles. The zero-order chi connectivity index (χ0) is 16.2. The number of fused-ring (bicyclic) bond motifs is 1. The van der Waals surface area contributed by atoms with E-state index in [1.165, 1.54) is 24.0 Å². The summed E-state index contributed by atoms with van der Waals surface area (Å²) in [4.78, 5) is 4.41. The van der Waals surface area contributed by atoms with E-state index >= 15 is 0 Å². The number of halogens is 1. The summed E-state index contributed by atoms with van der Waals surface area (Å²) in [5.74, 6) is 1.91. The Hall–Kier alpha value is -1.57. The fourth-order valence-corrected chi connectivity index (χ4v) is 2.90. The highest BCUT2D eigenvalue weighted by Gasteiger charge is 2.18. The van der Waals surface area contributed by atoms with Crippen LogP contribution in [0.2, 0.25) is 0 Å². The number of nitrogens with one attached hydrogen (secondary N) is 1. The number of benzene rings is 1. The first-order chi connectivity index (χ1) is 11.1. The van der Waals surface area contributed by atoms with Gasteiger partial charge in [-0.15, -0.1) is 24.0 Å². The van der Waals surface area contributed by atoms with Gasteiger partial charge in [0.25, 0.3) is 0 Å². The fourth-order valence-electron chi connectivity index (χ4n) is 2.90. The number of anilines is 1. The number of rotatable bonds is 4. The van der Waals surface area contributed by atoms with Gasteiger partial charge in [-0.25, -0.2) is 4.99 Å². The molecule has 1 aromatic carbocycles. The summed E-state index contributed by atoms with van der Waals surface area (Å²) in [5, 5.41) is 7.30. The molecule has 0 amide bonds. The summed E-state index contributed by atoms with van der Waals surface area (Å²) < 4.78 is 5.40. The number of hydrogen-bond donors (Lipinski definition) is 2. The second kappa shape index (κ2) is 8.50. The molecule has 1 aliphatic rings. The van der Waals surface area contributed by atoms with Crippen molar-refractivity contribution in [2.75, 3.05) is 5.32 Å². The molecule has 1 aromatic heterocycles. The molecule has 0 saturated carbocycles. The van der Waals surface area contributed by atoms with Gasteiger partial charge in [-0.2, -0.15) is 0 Å². The summed E-state index contributed by atoms with van der Waals surface area (Å²) in [5.41, 5.74) is 10.4. The van der Waals surface area contributed by atoms with Gasteiger partial charge >= 0.3 is 0 Å². The van der Waals surface area contributed by atoms with Crippen LogP contribution in [-0.4, -0.2) is 11.1 Å². The molecule has 1 heterocycles. The number of aromatic nitrogens is 1. The summed E-state index contributed by atoms with van der Waals surface area (Å²) >= 11 is 0. The largest absolute Gasteiger partial charge is 0.370 e. The van der Waals surface area contributed by atoms with Crippen molar-refractivity contribution in [1.29, 1.82) is 0 Å². The van der Waals surface area contributed by atoms with Crippen LogP contribution < -0.4 is 11.1 Å². The molecule has 0 spiro atoms. The Bertz CT molecular complexity index is 709. The van der Waals surface area contributed by atoms with Crippen LogP contribution in [0.5, 0.6) is 0 Å². The van der Waals surface area contributed by atoms with Gasteiger partial charge < -0.3 is 15.6 Å². The molecule has 0 atom stereocenters. The molecule has 24 heavy (non-hydrogen) atoms. The molecular formula is C18H25IN4O. The van der Waals surface area contributed by atoms with Crippen molar-refractivity contribution in [1.82, 2.24) is 5.16 Å². The molecule has 0 unspecified atom stereocenters. The summed E-state index contributed by atoms with van der Waals surface area (Å²) in [6.45, 7) is 4.80. The van der Waals surface area contributed by atoms with Crippen molar-refractivity contribution in [3.05, 3.63) is 46.8 Å². The molecule has 6 heteroatoms. The average Bonchev–Trinajstić information content (AvgIpc) is 2.96. The highest BCUT2D eigenvalue weighted by atomic mass is 127. The topological polar surface area (TPSA) is 76.4 Å². The second-order valence-electron chi connectivity index (χ2n) is 6.34. The van der Waals surface area contributed by atoms with Crippen LogP contribution in [0.4, 0.5) is 5.69 Å². The lowest BCUT2D eigenvalue weighted by molar-refractivity contribution is 0.368. The monoisotopic (exact) mass is 440 g/mol. The number of aryl methyl sites for hydroxylation is 1. The predicted octanol–water partition coefficient (Wildman–Crippen LogP) is 4.22. The van der Waals surface area contributed by atoms with Gasteiger partial charge in [-0.05, 0) is 42.9 Å². The van der Waals surface area contributed by atoms with Gasteiger partial charge in [0.2, 0.25) is 0 Å². The first-order valence-electron chi connectivity index (χ1n) is 8.26. The first kappa shape index (κ1) is 18.8. The number of hydrogen-bond acceptors (Lipinski definition) is 3. The molecular weight excluding hydrogens is 415 g/mol. The number of aliphatic imine (C=N–C) groups is 1. The van der Waals surface area contributed by atoms with Crippen molar-refractivity contribution in [3.63, 3.8) is 0 Å². The molecule has 5 nitrogen and oxygen atoms in total. The third kappa shape index (κ3) is 4.49. The van der Waals surface area contributed by atoms with E-state index in [9.17, 15) is 0 Å². The number of guanidine groups is 1. The average molecular weight is 440 g/mol. The predicted molar refractivity (Wildman–Crippen MR) is 108 cm³/mol. The fraction of sp³-hybridized carbons (Fsp3) is 0.444. The minimum absolute atomic E-state index is 0. The van der Waals surface area contributed by atoms with E-state index in [4.69, 9.17) is 10.3 Å². The standard InChI is InChI=1S/C18H24N4O.HI/c1-12(2)13-6-5-7-14(10-13)21-18(19)20-11-16-15-8-3-4-9-17(15)23-22-16;/h5-7,10,12H,3-4,8-9,11H2,1-2H3,(H3,19,20,21);1H. The van der Waals surface area contributed by atoms with Crippen molar-refractivity contribution in [3.8, 4) is 0 Å². The third-order valence-corrected chi connectivity index (χ3v) is 4.26. The normalized spacial score (nSPS) is 14.2. The SMILES string of the molecule is CC(C)c1cccc(NC(N)=NCc2noc3c2CCCC3)c1.I. The molecule has 3 N–H and O–H groups in total. The second-order valence-corrected chi connectivity index (χ2v) is 6.34. The Morgan fingerprint density at radius 1 is 1.33 bits per heavy atom. The van der Waals surface area contributed by atoms with E-state index < -0.39 is 0 Å². The maximum atomic E-state index is 6.01. The van der Waals surface area contributed by atoms with Crippen molar-refractivity contribution >= 4 is 35.6 Å². The molecule has 0 radical (unpaired) electrons. The van der Waals surface area contributed by atoms with E-state index in [1.54, 1.807) is 0 Å². The maximum absolute atomic E-state index is 6.01. The zero-order valence-corrected chi connectivity index (χ0v) is 16.5. The molecule has 0 saturated heterocycles. The van der Waals surface area contributed by atoms with Crippen LogP contribution in [0.3, 0.4) is 0 Å². The van der Waals surface area contributed by atoms with Crippen LogP contribution in [0.15, 0.2) is 33.8 Å². The van der Waals surface area contributed by atoms with E-state index in [0.717, 1.165) is 30.0 Å². The molecule has 0 bridgehead atoms. The van der Waals surface area contributed by atoms with Gasteiger partial charge in [-0.3, -0.25) is 0 Å². The highest BCUT2D eigenvalue weighted by molar-refractivity contribution is 14.0. The van der Waals surface area contributed by atoms with E-state index in [2.05, 4.69) is 41.4 Å². The Balaban J connectivity index is 0.00000208. The lowest BCUT2D eigenvalue weighted by atomic mass is 9.96. The number of nitrogens with zero attached hydrogens (tertiary/aromatic N) is 2. The summed E-state index contributed by atoms with van der Waals surface area (Å²) in [6, 6.07) is 8.24. The van der Waals surface area contributed by atoms with Gasteiger partial charge in [0.15, 0.2) is 5.96 Å². The molecule has 1 aliphatic carbocycles. The van der Waals surface area contributed by atoms with Gasteiger partial charge in [0.1, 0.15) is 11.5 Å². The van der Waals surface area contributed by atoms with E-state index in [0.29, 0.717) is 18.4 Å². The number of nitrogens with two attached hydrogens (primary N) is 1. The van der Waals surface area contributed by atoms with Crippen molar-refractivity contribution < 1.29 is 4.52 Å². The zero-order valence-electron chi connectivity index (χ0n) is 14.2. The quantitative estimate of drug-likeness (QED) is 0.424. The van der Waals surface area contributed by atoms with Crippen molar-refractivity contribution in [2.45, 2.75) is 52.0 Å². The Morgan fingerprint density at radius 3 is 2.92 bits per heavy atom. The lowest BCUT2D eigenvalue weighted by Gasteiger charge is -2.10. The van der Waals surface area contributed by atoms with Crippen LogP contribution in [0, 0.1) is 0 Å². The van der Waals surface area contributed by atoms with Crippen LogP contribution >= 0.6 is 24.0 Å². The minimum Gasteiger partial charge on any atom is -0.370 e. The minimum atomic E-state index is 0. The van der Waals surface area contributed by atoms with Gasteiger partial charge in [-0.1, -0.05) is 31.1 Å². The third-order valence-electron chi connectivity index (χ3n) is 4.26. The van der Waals surface area contributed by atoms with E-state index in [-0.39, 0.29) is 24.0 Å². The molecule has 3 rings (SSSR count). The Morgan fingerprint density at radius 2 is 2.12 bits per heavy atom. The molecule has 0 fully saturated rings. The maximum Gasteiger partial charge on any atom is 0.193 e. The lowest BCUT2D eigenvalue weighted by Crippen LogP contribution is -2.22. The highest BCUT2D eigenvalue weighted by Crippen LogP contribution is 2.24.